The van der Waals surface area contributed by atoms with Gasteiger partial charge in [-0.2, -0.15) is 0 Å². The number of carbonyl (C=O) groups excluding carboxylic acids is 1. The van der Waals surface area contributed by atoms with Gasteiger partial charge in [-0.15, -0.1) is 13.2 Å². The Morgan fingerprint density at radius 1 is 0.966 bits per heavy atom. The summed E-state index contributed by atoms with van der Waals surface area (Å²) in [6.45, 7) is 0. The smallest absolute Gasteiger partial charge is 0.478 e. The maximum absolute atomic E-state index is 12.4. The Labute approximate surface area is 163 Å². The van der Waals surface area contributed by atoms with E-state index in [1.54, 1.807) is 30.3 Å². The molecule has 0 spiro atoms. The minimum atomic E-state index is -4.77. The summed E-state index contributed by atoms with van der Waals surface area (Å²) in [5, 5.41) is 13.0. The number of halogens is 3. The molecular weight excluding hydrogens is 387 g/mol. The van der Waals surface area contributed by atoms with E-state index in [4.69, 9.17) is 5.11 Å². The summed E-state index contributed by atoms with van der Waals surface area (Å²) < 4.78 is 41.1. The van der Waals surface area contributed by atoms with E-state index in [0.29, 0.717) is 11.8 Å². The van der Waals surface area contributed by atoms with Crippen LogP contribution in [0, 0.1) is 0 Å². The summed E-state index contributed by atoms with van der Waals surface area (Å²) in [4.78, 5) is 23.4. The molecule has 0 aliphatic rings. The summed E-state index contributed by atoms with van der Waals surface area (Å²) >= 11 is 0. The summed E-state index contributed by atoms with van der Waals surface area (Å²) in [7, 11) is 0. The van der Waals surface area contributed by atoms with Crippen LogP contribution in [0.15, 0.2) is 60.7 Å². The first kappa shape index (κ1) is 20.2. The zero-order valence-corrected chi connectivity index (χ0v) is 15.0. The maximum Gasteiger partial charge on any atom is 0.573 e. The number of anilines is 1. The molecule has 0 heterocycles. The van der Waals surface area contributed by atoms with E-state index >= 15 is 0 Å². The molecule has 0 bridgehead atoms. The molecule has 3 aromatic rings. The number of alkyl halides is 3. The van der Waals surface area contributed by atoms with E-state index in [2.05, 4.69) is 10.1 Å². The second-order valence-electron chi connectivity index (χ2n) is 6.29. The number of carboxylic acid groups (broad SMARTS) is 1. The highest BCUT2D eigenvalue weighted by atomic mass is 19.4. The fourth-order valence-corrected chi connectivity index (χ4v) is 2.88. The summed E-state index contributed by atoms with van der Waals surface area (Å²) in [5.74, 6) is -1.83. The van der Waals surface area contributed by atoms with Crippen LogP contribution in [-0.4, -0.2) is 23.3 Å². The lowest BCUT2D eigenvalue weighted by atomic mass is 10.0. The summed E-state index contributed by atoms with van der Waals surface area (Å²) in [5.41, 5.74) is 0.949. The van der Waals surface area contributed by atoms with Gasteiger partial charge in [0, 0.05) is 6.42 Å². The monoisotopic (exact) mass is 403 g/mol. The highest BCUT2D eigenvalue weighted by Gasteiger charge is 2.31. The van der Waals surface area contributed by atoms with Crippen LogP contribution >= 0.6 is 0 Å². The number of aromatic carboxylic acids is 1. The Bertz CT molecular complexity index is 1060. The number of para-hydroxylation sites is 1. The number of hydrogen-bond donors (Lipinski definition) is 2. The fourth-order valence-electron chi connectivity index (χ4n) is 2.88. The maximum atomic E-state index is 12.4. The normalized spacial score (nSPS) is 11.3. The third-order valence-electron chi connectivity index (χ3n) is 4.18. The molecule has 1 amide bonds. The van der Waals surface area contributed by atoms with Crippen molar-refractivity contribution >= 4 is 28.3 Å². The van der Waals surface area contributed by atoms with Crippen molar-refractivity contribution in [3.8, 4) is 5.75 Å². The SMILES string of the molecule is O=C(CCc1ccc2ccc(OC(F)(F)F)cc2c1)Nc1ccccc1C(=O)O. The molecule has 0 aliphatic heterocycles. The molecule has 0 aliphatic carbocycles. The molecule has 8 heteroatoms. The Morgan fingerprint density at radius 3 is 2.41 bits per heavy atom. The molecule has 0 saturated heterocycles. The predicted octanol–water partition coefficient (Wildman–Crippen LogP) is 5.01. The molecule has 0 radical (unpaired) electrons. The average molecular weight is 403 g/mol. The standard InChI is InChI=1S/C21H16F3NO4/c22-21(23,24)29-16-9-8-14-7-5-13(11-15(14)12-16)6-10-19(26)25-18-4-2-1-3-17(18)20(27)28/h1-5,7-9,11-12H,6,10H2,(H,25,26)(H,27,28). The van der Waals surface area contributed by atoms with Gasteiger partial charge in [-0.1, -0.05) is 36.4 Å². The third-order valence-corrected chi connectivity index (χ3v) is 4.18. The highest BCUT2D eigenvalue weighted by Crippen LogP contribution is 2.27. The minimum absolute atomic E-state index is 0.0104. The molecule has 3 aromatic carbocycles. The van der Waals surface area contributed by atoms with Crippen molar-refractivity contribution in [1.82, 2.24) is 0 Å². The second kappa shape index (κ2) is 8.22. The lowest BCUT2D eigenvalue weighted by Gasteiger charge is -2.10. The molecule has 2 N–H and O–H groups in total. The minimum Gasteiger partial charge on any atom is -0.478 e. The van der Waals surface area contributed by atoms with Gasteiger partial charge < -0.3 is 15.2 Å². The summed E-state index contributed by atoms with van der Waals surface area (Å²) in [6, 6.07) is 15.3. The van der Waals surface area contributed by atoms with Crippen molar-refractivity contribution < 1.29 is 32.6 Å². The van der Waals surface area contributed by atoms with Crippen molar-refractivity contribution in [3.63, 3.8) is 0 Å². The number of amides is 1. The number of fused-ring (bicyclic) bond motifs is 1. The van der Waals surface area contributed by atoms with E-state index < -0.39 is 12.3 Å². The first-order valence-electron chi connectivity index (χ1n) is 8.62. The van der Waals surface area contributed by atoms with Crippen molar-refractivity contribution in [2.24, 2.45) is 0 Å². The lowest BCUT2D eigenvalue weighted by Crippen LogP contribution is -2.17. The molecule has 29 heavy (non-hydrogen) atoms. The Morgan fingerprint density at radius 2 is 1.69 bits per heavy atom. The Hall–Kier alpha value is -3.55. The largest absolute Gasteiger partial charge is 0.573 e. The van der Waals surface area contributed by atoms with Crippen molar-refractivity contribution in [2.45, 2.75) is 19.2 Å². The van der Waals surface area contributed by atoms with E-state index in [-0.39, 0.29) is 29.3 Å². The van der Waals surface area contributed by atoms with Crippen LogP contribution in [0.1, 0.15) is 22.3 Å². The van der Waals surface area contributed by atoms with Crippen LogP contribution < -0.4 is 10.1 Å². The Balaban J connectivity index is 1.68. The van der Waals surface area contributed by atoms with Gasteiger partial charge in [0.2, 0.25) is 5.91 Å². The lowest BCUT2D eigenvalue weighted by molar-refractivity contribution is -0.274. The fraction of sp³-hybridized carbons (Fsp3) is 0.143. The molecule has 0 fully saturated rings. The molecule has 0 atom stereocenters. The number of ether oxygens (including phenoxy) is 1. The molecule has 150 valence electrons. The zero-order valence-electron chi connectivity index (χ0n) is 15.0. The molecule has 5 nitrogen and oxygen atoms in total. The Kier molecular flexibility index (Phi) is 5.72. The topological polar surface area (TPSA) is 75.6 Å². The predicted molar refractivity (Wildman–Crippen MR) is 101 cm³/mol. The van der Waals surface area contributed by atoms with Crippen LogP contribution in [-0.2, 0) is 11.2 Å². The van der Waals surface area contributed by atoms with Crippen LogP contribution in [0.4, 0.5) is 18.9 Å². The highest BCUT2D eigenvalue weighted by molar-refractivity contribution is 6.00. The van der Waals surface area contributed by atoms with Crippen LogP contribution in [0.25, 0.3) is 10.8 Å². The summed E-state index contributed by atoms with van der Waals surface area (Å²) in [6.07, 6.45) is -4.35. The van der Waals surface area contributed by atoms with Gasteiger partial charge in [-0.05, 0) is 47.0 Å². The van der Waals surface area contributed by atoms with Crippen LogP contribution in [0.2, 0.25) is 0 Å². The quantitative estimate of drug-likeness (QED) is 0.607. The van der Waals surface area contributed by atoms with Gasteiger partial charge in [0.1, 0.15) is 5.75 Å². The number of aryl methyl sites for hydroxylation is 1. The van der Waals surface area contributed by atoms with Crippen LogP contribution in [0.3, 0.4) is 0 Å². The molecule has 0 aromatic heterocycles. The number of benzene rings is 3. The number of nitrogens with one attached hydrogen (secondary N) is 1. The van der Waals surface area contributed by atoms with Gasteiger partial charge in [0.05, 0.1) is 11.3 Å². The van der Waals surface area contributed by atoms with E-state index in [1.165, 1.54) is 30.3 Å². The van der Waals surface area contributed by atoms with E-state index in [9.17, 15) is 22.8 Å². The number of rotatable bonds is 6. The zero-order chi connectivity index (χ0) is 21.0. The van der Waals surface area contributed by atoms with Gasteiger partial charge in [-0.3, -0.25) is 4.79 Å². The molecule has 0 unspecified atom stereocenters. The average Bonchev–Trinajstić information content (AvgIpc) is 2.65. The van der Waals surface area contributed by atoms with Gasteiger partial charge in [-0.25, -0.2) is 4.79 Å². The number of hydrogen-bond acceptors (Lipinski definition) is 3. The van der Waals surface area contributed by atoms with Crippen molar-refractivity contribution in [3.05, 3.63) is 71.8 Å². The first-order chi connectivity index (χ1) is 13.7. The van der Waals surface area contributed by atoms with Crippen LogP contribution in [0.5, 0.6) is 5.75 Å². The third kappa shape index (κ3) is 5.47. The number of carboxylic acids is 1. The van der Waals surface area contributed by atoms with Crippen molar-refractivity contribution in [2.75, 3.05) is 5.32 Å². The van der Waals surface area contributed by atoms with E-state index in [0.717, 1.165) is 10.9 Å². The molecule has 0 saturated carbocycles. The molecular formula is C21H16F3NO4. The second-order valence-corrected chi connectivity index (χ2v) is 6.29. The van der Waals surface area contributed by atoms with Gasteiger partial charge >= 0.3 is 12.3 Å². The van der Waals surface area contributed by atoms with Gasteiger partial charge in [0.25, 0.3) is 0 Å². The van der Waals surface area contributed by atoms with E-state index in [1.807, 2.05) is 0 Å². The first-order valence-corrected chi connectivity index (χ1v) is 8.62. The number of carbonyl (C=O) groups is 2. The molecule has 3 rings (SSSR count). The van der Waals surface area contributed by atoms with Gasteiger partial charge in [0.15, 0.2) is 0 Å². The van der Waals surface area contributed by atoms with Crippen molar-refractivity contribution in [1.29, 1.82) is 0 Å².